The number of fused-ring (bicyclic) bond motifs is 3. The lowest BCUT2D eigenvalue weighted by atomic mass is 10.0. The molecular weight excluding hydrogens is 707 g/mol. The fourth-order valence-electron chi connectivity index (χ4n) is 7.85. The molecule has 0 amide bonds. The fourth-order valence-corrected chi connectivity index (χ4v) is 7.85. The van der Waals surface area contributed by atoms with Crippen molar-refractivity contribution in [2.45, 2.75) is 0 Å². The molecule has 0 aliphatic heterocycles. The zero-order valence-electron chi connectivity index (χ0n) is 31.4. The second kappa shape index (κ2) is 14.9. The molecule has 0 spiro atoms. The molecule has 58 heavy (non-hydrogen) atoms. The maximum absolute atomic E-state index is 7.74. The lowest BCUT2D eigenvalue weighted by Crippen LogP contribution is -2.09. The van der Waals surface area contributed by atoms with Gasteiger partial charge in [0.05, 0.1) is 29.0 Å². The van der Waals surface area contributed by atoms with Crippen LogP contribution in [0.4, 0.5) is 22.7 Å². The second-order valence-electron chi connectivity index (χ2n) is 14.1. The predicted octanol–water partition coefficient (Wildman–Crippen LogP) is 14.3. The second-order valence-corrected chi connectivity index (χ2v) is 14.1. The van der Waals surface area contributed by atoms with Gasteiger partial charge in [-0.05, 0) is 77.9 Å². The van der Waals surface area contributed by atoms with Crippen molar-refractivity contribution in [3.05, 3.63) is 224 Å². The molecular formula is C53H35N5. The molecule has 0 saturated heterocycles. The van der Waals surface area contributed by atoms with Gasteiger partial charge in [0, 0.05) is 50.2 Å². The van der Waals surface area contributed by atoms with Gasteiger partial charge in [-0.25, -0.2) is 14.8 Å². The summed E-state index contributed by atoms with van der Waals surface area (Å²) in [5.41, 5.74) is 13.8. The maximum atomic E-state index is 7.74. The summed E-state index contributed by atoms with van der Waals surface area (Å²) in [5, 5.41) is 2.41. The first-order valence-electron chi connectivity index (χ1n) is 19.3. The highest BCUT2D eigenvalue weighted by atomic mass is 15.1. The normalized spacial score (nSPS) is 11.1. The molecule has 0 saturated carbocycles. The summed E-state index contributed by atoms with van der Waals surface area (Å²) in [6.45, 7) is 7.74. The molecule has 272 valence electrons. The molecule has 0 atom stereocenters. The summed E-state index contributed by atoms with van der Waals surface area (Å²) in [6.07, 6.45) is 0. The molecule has 0 aliphatic rings. The number of rotatable bonds is 8. The van der Waals surface area contributed by atoms with E-state index in [4.69, 9.17) is 16.5 Å². The number of hydrogen-bond donors (Lipinski definition) is 0. The van der Waals surface area contributed by atoms with Gasteiger partial charge in [0.25, 0.3) is 0 Å². The van der Waals surface area contributed by atoms with E-state index in [0.29, 0.717) is 11.5 Å². The van der Waals surface area contributed by atoms with Crippen LogP contribution in [0.3, 0.4) is 0 Å². The van der Waals surface area contributed by atoms with Crippen LogP contribution in [-0.2, 0) is 0 Å². The van der Waals surface area contributed by atoms with Gasteiger partial charge in [-0.1, -0.05) is 146 Å². The van der Waals surface area contributed by atoms with Crippen molar-refractivity contribution in [3.8, 4) is 50.7 Å². The Balaban J connectivity index is 0.996. The van der Waals surface area contributed by atoms with E-state index in [9.17, 15) is 0 Å². The smallest absolute Gasteiger partial charge is 0.198 e. The Labute approximate surface area is 337 Å². The average Bonchev–Trinajstić information content (AvgIpc) is 3.64. The van der Waals surface area contributed by atoms with Gasteiger partial charge in [-0.15, -0.1) is 0 Å². The highest BCUT2D eigenvalue weighted by Crippen LogP contribution is 2.40. The summed E-state index contributed by atoms with van der Waals surface area (Å²) in [5.74, 6) is 0.536. The Kier molecular flexibility index (Phi) is 8.83. The van der Waals surface area contributed by atoms with Gasteiger partial charge >= 0.3 is 0 Å². The minimum absolute atomic E-state index is 0.529. The van der Waals surface area contributed by atoms with Crippen LogP contribution in [0.2, 0.25) is 0 Å². The highest BCUT2D eigenvalue weighted by molar-refractivity contribution is 6.10. The topological polar surface area (TPSA) is 38.3 Å². The summed E-state index contributed by atoms with van der Waals surface area (Å²) in [7, 11) is 0. The van der Waals surface area contributed by atoms with Gasteiger partial charge in [0.15, 0.2) is 5.69 Å². The van der Waals surface area contributed by atoms with Crippen LogP contribution in [0.5, 0.6) is 0 Å². The van der Waals surface area contributed by atoms with E-state index < -0.39 is 0 Å². The first-order chi connectivity index (χ1) is 28.7. The minimum Gasteiger partial charge on any atom is -0.310 e. The van der Waals surface area contributed by atoms with E-state index in [1.165, 1.54) is 10.8 Å². The highest BCUT2D eigenvalue weighted by Gasteiger charge is 2.18. The summed E-state index contributed by atoms with van der Waals surface area (Å²) in [4.78, 5) is 16.0. The third kappa shape index (κ3) is 6.35. The molecule has 5 heteroatoms. The number of hydrogen-bond acceptors (Lipinski definition) is 3. The molecule has 0 unspecified atom stereocenters. The molecule has 8 aromatic carbocycles. The van der Waals surface area contributed by atoms with Crippen LogP contribution in [0.1, 0.15) is 0 Å². The molecule has 0 N–H and O–H groups in total. The van der Waals surface area contributed by atoms with Crippen molar-refractivity contribution in [3.63, 3.8) is 0 Å². The maximum Gasteiger partial charge on any atom is 0.198 e. The van der Waals surface area contributed by atoms with Crippen LogP contribution in [-0.4, -0.2) is 14.5 Å². The summed E-state index contributed by atoms with van der Waals surface area (Å²) < 4.78 is 2.36. The third-order valence-corrected chi connectivity index (χ3v) is 10.6. The Morgan fingerprint density at radius 2 is 0.931 bits per heavy atom. The van der Waals surface area contributed by atoms with Crippen molar-refractivity contribution in [1.82, 2.24) is 14.5 Å². The van der Waals surface area contributed by atoms with Gasteiger partial charge in [0.2, 0.25) is 0 Å². The van der Waals surface area contributed by atoms with Gasteiger partial charge in [-0.2, -0.15) is 0 Å². The fraction of sp³-hybridized carbons (Fsp3) is 0. The van der Waals surface area contributed by atoms with Crippen molar-refractivity contribution >= 4 is 44.6 Å². The first kappa shape index (κ1) is 34.4. The van der Waals surface area contributed by atoms with Crippen molar-refractivity contribution in [2.24, 2.45) is 0 Å². The number of para-hydroxylation sites is 4. The first-order valence-corrected chi connectivity index (χ1v) is 19.3. The largest absolute Gasteiger partial charge is 0.310 e. The summed E-state index contributed by atoms with van der Waals surface area (Å²) in [6, 6.07) is 73.5. The van der Waals surface area contributed by atoms with E-state index in [1.807, 2.05) is 60.7 Å². The zero-order chi connectivity index (χ0) is 38.8. The average molecular weight is 742 g/mol. The van der Waals surface area contributed by atoms with Gasteiger partial charge in [-0.3, -0.25) is 0 Å². The van der Waals surface area contributed by atoms with E-state index in [1.54, 1.807) is 0 Å². The van der Waals surface area contributed by atoms with Crippen LogP contribution < -0.4 is 4.90 Å². The third-order valence-electron chi connectivity index (χ3n) is 10.6. The molecule has 2 heterocycles. The molecule has 10 aromatic rings. The number of aromatic nitrogens is 3. The Morgan fingerprint density at radius 3 is 1.59 bits per heavy atom. The molecule has 0 fully saturated rings. The lowest BCUT2D eigenvalue weighted by Gasteiger charge is -2.25. The van der Waals surface area contributed by atoms with Gasteiger partial charge in [0.1, 0.15) is 5.82 Å². The van der Waals surface area contributed by atoms with Crippen LogP contribution >= 0.6 is 0 Å². The molecule has 2 aromatic heterocycles. The molecule has 10 rings (SSSR count). The molecule has 0 aliphatic carbocycles. The molecule has 5 nitrogen and oxygen atoms in total. The van der Waals surface area contributed by atoms with E-state index in [-0.39, 0.29) is 0 Å². The summed E-state index contributed by atoms with van der Waals surface area (Å²) >= 11 is 0. The van der Waals surface area contributed by atoms with Crippen molar-refractivity contribution in [1.29, 1.82) is 0 Å². The molecule has 0 radical (unpaired) electrons. The Bertz CT molecular complexity index is 3050. The van der Waals surface area contributed by atoms with E-state index in [0.717, 1.165) is 73.0 Å². The number of benzene rings is 8. The SMILES string of the molecule is [C-]#[N+]c1ccccc1-c1nc(-c2ccccc2)cc(-c2ccc(-c3ccc(-n4c5ccccc5c5cc(N(c6ccccc6)c6ccccc6)ccc54)cc3)cc2)n1. The quantitative estimate of drug-likeness (QED) is 0.146. The predicted molar refractivity (Wildman–Crippen MR) is 239 cm³/mol. The van der Waals surface area contributed by atoms with Crippen LogP contribution in [0, 0.1) is 6.57 Å². The van der Waals surface area contributed by atoms with E-state index >= 15 is 0 Å². The zero-order valence-corrected chi connectivity index (χ0v) is 31.4. The lowest BCUT2D eigenvalue weighted by molar-refractivity contribution is 1.18. The van der Waals surface area contributed by atoms with Crippen molar-refractivity contribution in [2.75, 3.05) is 4.90 Å². The van der Waals surface area contributed by atoms with Gasteiger partial charge < -0.3 is 9.47 Å². The minimum atomic E-state index is 0.529. The molecule has 0 bridgehead atoms. The van der Waals surface area contributed by atoms with Crippen molar-refractivity contribution < 1.29 is 0 Å². The number of nitrogens with zero attached hydrogens (tertiary/aromatic N) is 5. The number of anilines is 3. The Hall–Kier alpha value is -8.07. The standard InChI is InChI=1S/C53H35N5/c1-54-48-23-13-11-22-46(48)53-55-49(39-15-5-2-6-16-39)36-50(56-53)40-27-25-37(26-28-40)38-29-31-43(32-30-38)58-51-24-14-12-21-45(51)47-35-44(33-34-52(47)58)57(41-17-7-3-8-18-41)42-19-9-4-10-20-42/h2-36H. The van der Waals surface area contributed by atoms with Crippen LogP contribution in [0.15, 0.2) is 212 Å². The van der Waals surface area contributed by atoms with Crippen LogP contribution in [0.25, 0.3) is 77.4 Å². The Morgan fingerprint density at radius 1 is 0.414 bits per heavy atom. The van der Waals surface area contributed by atoms with E-state index in [2.05, 4.69) is 166 Å². The monoisotopic (exact) mass is 741 g/mol.